The Morgan fingerprint density at radius 3 is 2.71 bits per heavy atom. The molecule has 0 aliphatic heterocycles. The highest BCUT2D eigenvalue weighted by Gasteiger charge is 2.49. The summed E-state index contributed by atoms with van der Waals surface area (Å²) in [4.78, 5) is 11.6. The third kappa shape index (κ3) is 1.88. The van der Waals surface area contributed by atoms with E-state index in [2.05, 4.69) is 11.4 Å². The van der Waals surface area contributed by atoms with Gasteiger partial charge in [0.05, 0.1) is 12.7 Å². The first kappa shape index (κ1) is 11.0. The third-order valence-corrected chi connectivity index (χ3v) is 2.69. The van der Waals surface area contributed by atoms with Gasteiger partial charge in [-0.2, -0.15) is 5.26 Å². The fraction of sp³-hybridized carbons (Fsp3) is 0.800. The molecule has 0 heterocycles. The van der Waals surface area contributed by atoms with Crippen molar-refractivity contribution in [3.05, 3.63) is 0 Å². The van der Waals surface area contributed by atoms with E-state index in [0.717, 1.165) is 0 Å². The molecule has 1 rings (SSSR count). The number of nitrogens with zero attached hydrogens (tertiary/aromatic N) is 1. The van der Waals surface area contributed by atoms with Gasteiger partial charge in [0.2, 0.25) is 5.91 Å². The summed E-state index contributed by atoms with van der Waals surface area (Å²) in [5, 5.41) is 20.3. The van der Waals surface area contributed by atoms with Gasteiger partial charge in [-0.15, -0.1) is 0 Å². The first-order valence-corrected chi connectivity index (χ1v) is 4.87. The van der Waals surface area contributed by atoms with Gasteiger partial charge in [0.15, 0.2) is 0 Å². The minimum Gasteiger partial charge on any atom is -0.394 e. The Balaban J connectivity index is 2.56. The van der Waals surface area contributed by atoms with Gasteiger partial charge in [-0.1, -0.05) is 6.92 Å². The number of carbonyl (C=O) groups is 1. The lowest BCUT2D eigenvalue weighted by Gasteiger charge is -2.39. The average molecular weight is 196 g/mol. The van der Waals surface area contributed by atoms with Crippen LogP contribution in [0.3, 0.4) is 0 Å². The molecule has 0 aromatic heterocycles. The molecule has 1 aliphatic rings. The molecule has 4 nitrogen and oxygen atoms in total. The molecule has 1 saturated carbocycles. The van der Waals surface area contributed by atoms with Gasteiger partial charge in [0.25, 0.3) is 0 Å². The molecule has 0 saturated heterocycles. The normalized spacial score (nSPS) is 32.6. The highest BCUT2D eigenvalue weighted by Crippen LogP contribution is 2.45. The van der Waals surface area contributed by atoms with Crippen LogP contribution in [0.15, 0.2) is 0 Å². The molecule has 1 amide bonds. The summed E-state index contributed by atoms with van der Waals surface area (Å²) in [6, 6.07) is 1.81. The third-order valence-electron chi connectivity index (χ3n) is 2.69. The standard InChI is InChI=1S/C10H16N2O2/c1-7-3-10(4-7,6-11)9(14)12-8(2)5-13/h7-8,13H,3-5H2,1-2H3,(H,12,14)/t7?,8-,10?/m0/s1. The molecule has 0 aromatic carbocycles. The number of aliphatic hydroxyl groups excluding tert-OH is 1. The van der Waals surface area contributed by atoms with Gasteiger partial charge >= 0.3 is 0 Å². The molecule has 1 fully saturated rings. The maximum atomic E-state index is 11.6. The summed E-state index contributed by atoms with van der Waals surface area (Å²) in [6.45, 7) is 3.65. The summed E-state index contributed by atoms with van der Waals surface area (Å²) in [5.41, 5.74) is -0.831. The lowest BCUT2D eigenvalue weighted by Crippen LogP contribution is -2.51. The van der Waals surface area contributed by atoms with Crippen molar-refractivity contribution >= 4 is 5.91 Å². The minimum atomic E-state index is -0.831. The lowest BCUT2D eigenvalue weighted by atomic mass is 9.63. The van der Waals surface area contributed by atoms with Crippen LogP contribution < -0.4 is 5.32 Å². The van der Waals surface area contributed by atoms with Gasteiger partial charge in [-0.25, -0.2) is 0 Å². The zero-order valence-electron chi connectivity index (χ0n) is 8.58. The zero-order chi connectivity index (χ0) is 10.8. The zero-order valence-corrected chi connectivity index (χ0v) is 8.58. The summed E-state index contributed by atoms with van der Waals surface area (Å²) in [5.74, 6) is 0.212. The smallest absolute Gasteiger partial charge is 0.240 e. The second-order valence-corrected chi connectivity index (χ2v) is 4.26. The van der Waals surface area contributed by atoms with Crippen molar-refractivity contribution in [3.63, 3.8) is 0 Å². The van der Waals surface area contributed by atoms with E-state index >= 15 is 0 Å². The molecule has 4 heteroatoms. The van der Waals surface area contributed by atoms with Gasteiger partial charge in [0.1, 0.15) is 5.41 Å². The molecular weight excluding hydrogens is 180 g/mol. The fourth-order valence-electron chi connectivity index (χ4n) is 1.86. The fourth-order valence-corrected chi connectivity index (χ4v) is 1.86. The van der Waals surface area contributed by atoms with E-state index in [4.69, 9.17) is 10.4 Å². The number of nitrogens with one attached hydrogen (secondary N) is 1. The highest BCUT2D eigenvalue weighted by atomic mass is 16.3. The molecule has 0 bridgehead atoms. The molecule has 1 aliphatic carbocycles. The van der Waals surface area contributed by atoms with Crippen LogP contribution in [0.25, 0.3) is 0 Å². The van der Waals surface area contributed by atoms with Gasteiger partial charge in [-0.05, 0) is 25.7 Å². The maximum Gasteiger partial charge on any atom is 0.240 e. The Labute approximate surface area is 83.9 Å². The number of hydrogen-bond donors (Lipinski definition) is 2. The Kier molecular flexibility index (Phi) is 3.12. The molecule has 0 radical (unpaired) electrons. The van der Waals surface area contributed by atoms with Crippen LogP contribution in [0.2, 0.25) is 0 Å². The van der Waals surface area contributed by atoms with Crippen molar-refractivity contribution in [2.75, 3.05) is 6.61 Å². The highest BCUT2D eigenvalue weighted by molar-refractivity contribution is 5.86. The van der Waals surface area contributed by atoms with E-state index < -0.39 is 5.41 Å². The Bertz CT molecular complexity index is 264. The van der Waals surface area contributed by atoms with Crippen molar-refractivity contribution < 1.29 is 9.90 Å². The number of hydrogen-bond acceptors (Lipinski definition) is 3. The molecule has 78 valence electrons. The van der Waals surface area contributed by atoms with Crippen molar-refractivity contribution in [2.45, 2.75) is 32.7 Å². The van der Waals surface area contributed by atoms with Crippen LogP contribution in [0.1, 0.15) is 26.7 Å². The second-order valence-electron chi connectivity index (χ2n) is 4.26. The summed E-state index contributed by atoms with van der Waals surface area (Å²) in [6.07, 6.45) is 1.26. The van der Waals surface area contributed by atoms with Crippen LogP contribution in [-0.4, -0.2) is 23.7 Å². The number of aliphatic hydroxyl groups is 1. The predicted molar refractivity (Wildman–Crippen MR) is 51.1 cm³/mol. The molecule has 0 unspecified atom stereocenters. The largest absolute Gasteiger partial charge is 0.394 e. The van der Waals surface area contributed by atoms with E-state index in [1.807, 2.05) is 6.92 Å². The molecular formula is C10H16N2O2. The molecule has 1 atom stereocenters. The molecule has 2 N–H and O–H groups in total. The minimum absolute atomic E-state index is 0.0944. The van der Waals surface area contributed by atoms with Crippen molar-refractivity contribution in [2.24, 2.45) is 11.3 Å². The lowest BCUT2D eigenvalue weighted by molar-refractivity contribution is -0.134. The maximum absolute atomic E-state index is 11.6. The van der Waals surface area contributed by atoms with Crippen molar-refractivity contribution in [3.8, 4) is 6.07 Å². The van der Waals surface area contributed by atoms with E-state index in [1.165, 1.54) is 0 Å². The van der Waals surface area contributed by atoms with Crippen LogP contribution in [0.5, 0.6) is 0 Å². The second kappa shape index (κ2) is 3.97. The van der Waals surface area contributed by atoms with Gasteiger partial charge < -0.3 is 10.4 Å². The van der Waals surface area contributed by atoms with E-state index in [9.17, 15) is 4.79 Å². The van der Waals surface area contributed by atoms with Crippen LogP contribution in [0.4, 0.5) is 0 Å². The molecule has 0 aromatic rings. The van der Waals surface area contributed by atoms with E-state index in [-0.39, 0.29) is 18.6 Å². The van der Waals surface area contributed by atoms with Crippen molar-refractivity contribution in [1.82, 2.24) is 5.32 Å². The first-order valence-electron chi connectivity index (χ1n) is 4.87. The Hall–Kier alpha value is -1.08. The topological polar surface area (TPSA) is 73.1 Å². The van der Waals surface area contributed by atoms with E-state index in [0.29, 0.717) is 18.8 Å². The molecule has 14 heavy (non-hydrogen) atoms. The number of amides is 1. The van der Waals surface area contributed by atoms with Crippen LogP contribution >= 0.6 is 0 Å². The Morgan fingerprint density at radius 1 is 1.79 bits per heavy atom. The first-order chi connectivity index (χ1) is 6.54. The summed E-state index contributed by atoms with van der Waals surface area (Å²) >= 11 is 0. The Morgan fingerprint density at radius 2 is 2.36 bits per heavy atom. The summed E-state index contributed by atoms with van der Waals surface area (Å²) < 4.78 is 0. The van der Waals surface area contributed by atoms with Crippen LogP contribution in [0, 0.1) is 22.7 Å². The molecule has 0 spiro atoms. The number of nitriles is 1. The predicted octanol–water partition coefficient (Wildman–Crippen LogP) is 0.423. The average Bonchev–Trinajstić information content (AvgIpc) is 2.12. The quantitative estimate of drug-likeness (QED) is 0.687. The number of carbonyl (C=O) groups excluding carboxylic acids is 1. The van der Waals surface area contributed by atoms with Gasteiger partial charge in [-0.3, -0.25) is 4.79 Å². The summed E-state index contributed by atoms with van der Waals surface area (Å²) in [7, 11) is 0. The van der Waals surface area contributed by atoms with Crippen molar-refractivity contribution in [1.29, 1.82) is 5.26 Å². The SMILES string of the molecule is CC1CC(C#N)(C(=O)N[C@@H](C)CO)C1. The number of rotatable bonds is 3. The van der Waals surface area contributed by atoms with Gasteiger partial charge in [0, 0.05) is 6.04 Å². The van der Waals surface area contributed by atoms with Crippen LogP contribution in [-0.2, 0) is 4.79 Å². The van der Waals surface area contributed by atoms with E-state index in [1.54, 1.807) is 6.92 Å². The monoisotopic (exact) mass is 196 g/mol.